The highest BCUT2D eigenvalue weighted by atomic mass is 19.1. The van der Waals surface area contributed by atoms with E-state index in [0.717, 1.165) is 5.56 Å². The minimum absolute atomic E-state index is 0.0143. The monoisotopic (exact) mass is 274 g/mol. The maximum atomic E-state index is 13.6. The predicted molar refractivity (Wildman–Crippen MR) is 76.1 cm³/mol. The summed E-state index contributed by atoms with van der Waals surface area (Å²) in [6.07, 6.45) is 0.116. The van der Waals surface area contributed by atoms with Gasteiger partial charge in [0.2, 0.25) is 5.91 Å². The van der Waals surface area contributed by atoms with E-state index in [1.54, 1.807) is 31.4 Å². The average Bonchev–Trinajstić information content (AvgIpc) is 2.43. The predicted octanol–water partition coefficient (Wildman–Crippen LogP) is 2.60. The smallest absolute Gasteiger partial charge is 0.228 e. The van der Waals surface area contributed by atoms with Crippen LogP contribution >= 0.6 is 0 Å². The number of nitrogens with one attached hydrogen (secondary N) is 1. The zero-order valence-electron chi connectivity index (χ0n) is 11.0. The first-order valence-electron chi connectivity index (χ1n) is 6.07. The minimum atomic E-state index is -0.552. The zero-order valence-corrected chi connectivity index (χ0v) is 11.0. The van der Waals surface area contributed by atoms with Gasteiger partial charge in [0.15, 0.2) is 0 Å². The molecule has 4 nitrogen and oxygen atoms in total. The van der Waals surface area contributed by atoms with Crippen molar-refractivity contribution in [2.24, 2.45) is 0 Å². The molecule has 0 aliphatic heterocycles. The van der Waals surface area contributed by atoms with E-state index in [2.05, 4.69) is 5.32 Å². The van der Waals surface area contributed by atoms with Crippen LogP contribution in [0, 0.1) is 5.82 Å². The van der Waals surface area contributed by atoms with E-state index in [0.29, 0.717) is 5.75 Å². The molecule has 104 valence electrons. The van der Waals surface area contributed by atoms with Gasteiger partial charge in [-0.25, -0.2) is 4.39 Å². The Morgan fingerprint density at radius 3 is 2.75 bits per heavy atom. The Hall–Kier alpha value is -2.56. The molecule has 0 unspecified atom stereocenters. The number of para-hydroxylation sites is 1. The molecule has 0 aliphatic rings. The fraction of sp³-hybridized carbons (Fsp3) is 0.133. The van der Waals surface area contributed by atoms with Crippen molar-refractivity contribution in [1.82, 2.24) is 0 Å². The van der Waals surface area contributed by atoms with E-state index in [1.807, 2.05) is 0 Å². The van der Waals surface area contributed by atoms with Gasteiger partial charge >= 0.3 is 0 Å². The third-order valence-corrected chi connectivity index (χ3v) is 2.81. The lowest BCUT2D eigenvalue weighted by molar-refractivity contribution is -0.115. The molecule has 0 bridgehead atoms. The molecule has 0 saturated carbocycles. The molecule has 1 amide bonds. The maximum absolute atomic E-state index is 13.6. The van der Waals surface area contributed by atoms with Crippen molar-refractivity contribution in [3.63, 3.8) is 0 Å². The second kappa shape index (κ2) is 6.06. The molecular formula is C15H15FN2O2. The minimum Gasteiger partial charge on any atom is -0.497 e. The van der Waals surface area contributed by atoms with Gasteiger partial charge in [0.25, 0.3) is 0 Å². The number of methoxy groups -OCH3 is 1. The van der Waals surface area contributed by atoms with Crippen molar-refractivity contribution in [3.05, 3.63) is 53.8 Å². The van der Waals surface area contributed by atoms with Crippen LogP contribution < -0.4 is 15.8 Å². The van der Waals surface area contributed by atoms with Gasteiger partial charge < -0.3 is 15.8 Å². The van der Waals surface area contributed by atoms with Gasteiger partial charge in [-0.2, -0.15) is 0 Å². The summed E-state index contributed by atoms with van der Waals surface area (Å²) < 4.78 is 18.6. The quantitative estimate of drug-likeness (QED) is 0.842. The number of ether oxygens (including phenoxy) is 1. The molecule has 0 aliphatic carbocycles. The number of rotatable bonds is 4. The number of anilines is 2. The summed E-state index contributed by atoms with van der Waals surface area (Å²) in [5.41, 5.74) is 6.62. The van der Waals surface area contributed by atoms with Crippen molar-refractivity contribution in [2.45, 2.75) is 6.42 Å². The molecule has 2 aromatic carbocycles. The van der Waals surface area contributed by atoms with Crippen LogP contribution in [0.3, 0.4) is 0 Å². The standard InChI is InChI=1S/C15H15FN2O2/c1-20-11-5-2-4-10(8-11)9-14(19)18-15-12(16)6-3-7-13(15)17/h2-8H,9,17H2,1H3,(H,18,19). The van der Waals surface area contributed by atoms with Gasteiger partial charge in [-0.3, -0.25) is 4.79 Å². The lowest BCUT2D eigenvalue weighted by atomic mass is 10.1. The summed E-state index contributed by atoms with van der Waals surface area (Å²) in [5.74, 6) is -0.222. The number of carbonyl (C=O) groups excluding carboxylic acids is 1. The number of nitrogen functional groups attached to an aromatic ring is 1. The van der Waals surface area contributed by atoms with E-state index in [4.69, 9.17) is 10.5 Å². The zero-order chi connectivity index (χ0) is 14.5. The summed E-state index contributed by atoms with van der Waals surface area (Å²) in [5, 5.41) is 2.48. The normalized spacial score (nSPS) is 10.1. The molecule has 0 atom stereocenters. The second-order valence-electron chi connectivity index (χ2n) is 4.28. The van der Waals surface area contributed by atoms with E-state index in [1.165, 1.54) is 18.2 Å². The van der Waals surface area contributed by atoms with Crippen LogP contribution in [0.4, 0.5) is 15.8 Å². The van der Waals surface area contributed by atoms with Crippen LogP contribution in [0.2, 0.25) is 0 Å². The molecule has 0 spiro atoms. The summed E-state index contributed by atoms with van der Waals surface area (Å²) in [6, 6.07) is 11.4. The Kier molecular flexibility index (Phi) is 4.20. The largest absolute Gasteiger partial charge is 0.497 e. The fourth-order valence-corrected chi connectivity index (χ4v) is 1.82. The van der Waals surface area contributed by atoms with Crippen LogP contribution in [0.25, 0.3) is 0 Å². The highest BCUT2D eigenvalue weighted by Crippen LogP contribution is 2.22. The lowest BCUT2D eigenvalue weighted by Crippen LogP contribution is -2.16. The Balaban J connectivity index is 2.09. The topological polar surface area (TPSA) is 64.3 Å². The number of hydrogen-bond donors (Lipinski definition) is 2. The summed E-state index contributed by atoms with van der Waals surface area (Å²) >= 11 is 0. The third kappa shape index (κ3) is 3.26. The van der Waals surface area contributed by atoms with E-state index >= 15 is 0 Å². The van der Waals surface area contributed by atoms with Crippen LogP contribution in [0.15, 0.2) is 42.5 Å². The summed E-state index contributed by atoms with van der Waals surface area (Å²) in [4.78, 5) is 11.9. The van der Waals surface area contributed by atoms with Crippen LogP contribution in [0.1, 0.15) is 5.56 Å². The summed E-state index contributed by atoms with van der Waals surface area (Å²) in [6.45, 7) is 0. The van der Waals surface area contributed by atoms with Gasteiger partial charge in [0, 0.05) is 0 Å². The number of hydrogen-bond acceptors (Lipinski definition) is 3. The van der Waals surface area contributed by atoms with Gasteiger partial charge in [-0.1, -0.05) is 18.2 Å². The van der Waals surface area contributed by atoms with Crippen molar-refractivity contribution in [3.8, 4) is 5.75 Å². The maximum Gasteiger partial charge on any atom is 0.228 e. The second-order valence-corrected chi connectivity index (χ2v) is 4.28. The van der Waals surface area contributed by atoms with Crippen molar-refractivity contribution in [2.75, 3.05) is 18.2 Å². The molecule has 3 N–H and O–H groups in total. The Morgan fingerprint density at radius 2 is 2.05 bits per heavy atom. The Labute approximate surface area is 116 Å². The van der Waals surface area contributed by atoms with Gasteiger partial charge in [0.1, 0.15) is 17.3 Å². The Morgan fingerprint density at radius 1 is 1.30 bits per heavy atom. The van der Waals surface area contributed by atoms with Crippen LogP contribution in [0.5, 0.6) is 5.75 Å². The van der Waals surface area contributed by atoms with Gasteiger partial charge in [0.05, 0.1) is 19.2 Å². The number of nitrogens with two attached hydrogens (primary N) is 1. The summed E-state index contributed by atoms with van der Waals surface area (Å²) in [7, 11) is 1.55. The number of halogens is 1. The van der Waals surface area contributed by atoms with Crippen LogP contribution in [-0.2, 0) is 11.2 Å². The Bertz CT molecular complexity index is 609. The SMILES string of the molecule is COc1cccc(CC(=O)Nc2c(N)cccc2F)c1. The fourth-order valence-electron chi connectivity index (χ4n) is 1.82. The molecular weight excluding hydrogens is 259 g/mol. The first kappa shape index (κ1) is 13.9. The highest BCUT2D eigenvalue weighted by Gasteiger charge is 2.10. The molecule has 0 saturated heterocycles. The first-order chi connectivity index (χ1) is 9.60. The molecule has 5 heteroatoms. The molecule has 0 aromatic heterocycles. The molecule has 2 rings (SSSR count). The lowest BCUT2D eigenvalue weighted by Gasteiger charge is -2.09. The molecule has 0 fully saturated rings. The van der Waals surface area contributed by atoms with Crippen molar-refractivity contribution in [1.29, 1.82) is 0 Å². The van der Waals surface area contributed by atoms with Crippen molar-refractivity contribution >= 4 is 17.3 Å². The van der Waals surface area contributed by atoms with E-state index in [9.17, 15) is 9.18 Å². The first-order valence-corrected chi connectivity index (χ1v) is 6.07. The molecule has 20 heavy (non-hydrogen) atoms. The van der Waals surface area contributed by atoms with Crippen LogP contribution in [-0.4, -0.2) is 13.0 Å². The molecule has 0 heterocycles. The number of benzene rings is 2. The van der Waals surface area contributed by atoms with Crippen molar-refractivity contribution < 1.29 is 13.9 Å². The third-order valence-electron chi connectivity index (χ3n) is 2.81. The van der Waals surface area contributed by atoms with E-state index < -0.39 is 5.82 Å². The number of carbonyl (C=O) groups is 1. The van der Waals surface area contributed by atoms with E-state index in [-0.39, 0.29) is 23.7 Å². The highest BCUT2D eigenvalue weighted by molar-refractivity contribution is 5.95. The van der Waals surface area contributed by atoms with Gasteiger partial charge in [-0.15, -0.1) is 0 Å². The number of amides is 1. The average molecular weight is 274 g/mol. The van der Waals surface area contributed by atoms with Gasteiger partial charge in [-0.05, 0) is 29.8 Å². The molecule has 2 aromatic rings. The molecule has 0 radical (unpaired) electrons.